The second-order valence-electron chi connectivity index (χ2n) is 5.29. The highest BCUT2D eigenvalue weighted by Crippen LogP contribution is 2.26. The topological polar surface area (TPSA) is 52.3 Å². The second kappa shape index (κ2) is 8.35. The van der Waals surface area contributed by atoms with Gasteiger partial charge in [0.1, 0.15) is 0 Å². The largest absolute Gasteiger partial charge is 0.374 e. The quantitative estimate of drug-likeness (QED) is 0.798. The summed E-state index contributed by atoms with van der Waals surface area (Å²) in [6.07, 6.45) is 1.99. The first-order valence-corrected chi connectivity index (χ1v) is 7.76. The average molecular weight is 297 g/mol. The maximum absolute atomic E-state index is 10.9. The van der Waals surface area contributed by atoms with Crippen LogP contribution in [0.4, 0.5) is 0 Å². The van der Waals surface area contributed by atoms with Gasteiger partial charge in [-0.1, -0.05) is 54.6 Å². The predicted molar refractivity (Wildman–Crippen MR) is 89.3 cm³/mol. The Morgan fingerprint density at radius 2 is 1.68 bits per heavy atom. The van der Waals surface area contributed by atoms with Crippen LogP contribution >= 0.6 is 0 Å². The Kier molecular flexibility index (Phi) is 6.16. The molecule has 2 aromatic rings. The highest BCUT2D eigenvalue weighted by molar-refractivity contribution is 5.73. The van der Waals surface area contributed by atoms with Gasteiger partial charge in [0, 0.05) is 13.0 Å². The third kappa shape index (κ3) is 4.71. The fraction of sp³-hybridized carbons (Fsp3) is 0.316. The molecule has 22 heavy (non-hydrogen) atoms. The molecule has 116 valence electrons. The number of primary amides is 1. The van der Waals surface area contributed by atoms with E-state index in [1.807, 2.05) is 25.1 Å². The molecule has 1 atom stereocenters. The van der Waals surface area contributed by atoms with Gasteiger partial charge in [0.05, 0.1) is 6.10 Å². The molecule has 0 radical (unpaired) electrons. The second-order valence-corrected chi connectivity index (χ2v) is 5.29. The Morgan fingerprint density at radius 1 is 1.05 bits per heavy atom. The van der Waals surface area contributed by atoms with E-state index in [-0.39, 0.29) is 12.0 Å². The van der Waals surface area contributed by atoms with Crippen molar-refractivity contribution in [2.75, 3.05) is 6.61 Å². The van der Waals surface area contributed by atoms with Crippen LogP contribution in [-0.4, -0.2) is 12.5 Å². The first-order valence-electron chi connectivity index (χ1n) is 7.76. The zero-order chi connectivity index (χ0) is 15.8. The highest BCUT2D eigenvalue weighted by atomic mass is 16.5. The molecule has 1 amide bonds. The molecule has 0 aliphatic heterocycles. The van der Waals surface area contributed by atoms with Crippen LogP contribution in [0.25, 0.3) is 11.1 Å². The zero-order valence-electron chi connectivity index (χ0n) is 13.0. The van der Waals surface area contributed by atoms with E-state index in [9.17, 15) is 4.79 Å². The average Bonchev–Trinajstić information content (AvgIpc) is 2.55. The Balaban J connectivity index is 2.06. The van der Waals surface area contributed by atoms with Crippen molar-refractivity contribution in [1.29, 1.82) is 0 Å². The summed E-state index contributed by atoms with van der Waals surface area (Å²) < 4.78 is 5.80. The lowest BCUT2D eigenvalue weighted by molar-refractivity contribution is -0.118. The Bertz CT molecular complexity index is 578. The minimum atomic E-state index is -0.255. The molecule has 0 bridgehead atoms. The summed E-state index contributed by atoms with van der Waals surface area (Å²) in [7, 11) is 0. The van der Waals surface area contributed by atoms with Gasteiger partial charge in [-0.3, -0.25) is 4.79 Å². The molecule has 0 saturated carbocycles. The van der Waals surface area contributed by atoms with E-state index in [0.717, 1.165) is 18.4 Å². The van der Waals surface area contributed by atoms with E-state index in [1.165, 1.54) is 11.1 Å². The number of amides is 1. The van der Waals surface area contributed by atoms with E-state index >= 15 is 0 Å². The molecule has 2 N–H and O–H groups in total. The summed E-state index contributed by atoms with van der Waals surface area (Å²) in [5, 5.41) is 0. The number of benzene rings is 2. The number of carbonyl (C=O) groups is 1. The molecule has 2 aromatic carbocycles. The van der Waals surface area contributed by atoms with Crippen molar-refractivity contribution in [3.8, 4) is 11.1 Å². The molecular formula is C19H23NO2. The van der Waals surface area contributed by atoms with Crippen LogP contribution in [-0.2, 0) is 9.53 Å². The number of ether oxygens (including phenoxy) is 1. The molecule has 0 saturated heterocycles. The third-order valence-corrected chi connectivity index (χ3v) is 3.65. The van der Waals surface area contributed by atoms with E-state index < -0.39 is 0 Å². The lowest BCUT2D eigenvalue weighted by atomic mass is 9.99. The molecular weight excluding hydrogens is 274 g/mol. The summed E-state index contributed by atoms with van der Waals surface area (Å²) in [5.74, 6) is -0.255. The van der Waals surface area contributed by atoms with Crippen molar-refractivity contribution in [1.82, 2.24) is 0 Å². The van der Waals surface area contributed by atoms with E-state index in [4.69, 9.17) is 10.5 Å². The van der Waals surface area contributed by atoms with Gasteiger partial charge in [-0.05, 0) is 36.5 Å². The summed E-state index contributed by atoms with van der Waals surface area (Å²) in [6, 6.07) is 18.7. The number of carbonyl (C=O) groups excluding carboxylic acids is 1. The number of rotatable bonds is 8. The van der Waals surface area contributed by atoms with Crippen LogP contribution < -0.4 is 5.73 Å². The SMILES string of the molecule is CCOC(CCCC(N)=O)c1ccc(-c2ccccc2)cc1. The van der Waals surface area contributed by atoms with E-state index in [0.29, 0.717) is 13.0 Å². The van der Waals surface area contributed by atoms with E-state index in [1.54, 1.807) is 0 Å². The van der Waals surface area contributed by atoms with Crippen molar-refractivity contribution >= 4 is 5.91 Å². The zero-order valence-corrected chi connectivity index (χ0v) is 13.0. The minimum Gasteiger partial charge on any atom is -0.374 e. The summed E-state index contributed by atoms with van der Waals surface area (Å²) in [4.78, 5) is 10.9. The van der Waals surface area contributed by atoms with Gasteiger partial charge in [-0.2, -0.15) is 0 Å². The maximum atomic E-state index is 10.9. The molecule has 0 aliphatic rings. The lowest BCUT2D eigenvalue weighted by Crippen LogP contribution is -2.11. The summed E-state index contributed by atoms with van der Waals surface area (Å²) >= 11 is 0. The lowest BCUT2D eigenvalue weighted by Gasteiger charge is -2.17. The fourth-order valence-corrected chi connectivity index (χ4v) is 2.53. The monoisotopic (exact) mass is 297 g/mol. The van der Waals surface area contributed by atoms with Crippen molar-refractivity contribution < 1.29 is 9.53 Å². The normalized spacial score (nSPS) is 12.0. The van der Waals surface area contributed by atoms with Crippen LogP contribution in [0.1, 0.15) is 37.9 Å². The van der Waals surface area contributed by atoms with Gasteiger partial charge in [0.15, 0.2) is 0 Å². The van der Waals surface area contributed by atoms with Crippen LogP contribution in [0.15, 0.2) is 54.6 Å². The minimum absolute atomic E-state index is 0.0224. The standard InChI is InChI=1S/C19H23NO2/c1-2-22-18(9-6-10-19(20)21)17-13-11-16(12-14-17)15-7-4-3-5-8-15/h3-5,7-8,11-14,18H,2,6,9-10H2,1H3,(H2,20,21). The first kappa shape index (κ1) is 16.2. The van der Waals surface area contributed by atoms with Crippen LogP contribution in [0.5, 0.6) is 0 Å². The highest BCUT2D eigenvalue weighted by Gasteiger charge is 2.12. The number of hydrogen-bond acceptors (Lipinski definition) is 2. The summed E-state index contributed by atoms with van der Waals surface area (Å²) in [5.41, 5.74) is 8.74. The van der Waals surface area contributed by atoms with Gasteiger partial charge in [0.2, 0.25) is 5.91 Å². The Morgan fingerprint density at radius 3 is 2.27 bits per heavy atom. The maximum Gasteiger partial charge on any atom is 0.217 e. The fourth-order valence-electron chi connectivity index (χ4n) is 2.53. The Labute approximate surface area is 132 Å². The van der Waals surface area contributed by atoms with Gasteiger partial charge in [0.25, 0.3) is 0 Å². The third-order valence-electron chi connectivity index (χ3n) is 3.65. The van der Waals surface area contributed by atoms with Crippen molar-refractivity contribution in [2.24, 2.45) is 5.73 Å². The van der Waals surface area contributed by atoms with Gasteiger partial charge < -0.3 is 10.5 Å². The first-order chi connectivity index (χ1) is 10.7. The van der Waals surface area contributed by atoms with E-state index in [2.05, 4.69) is 36.4 Å². The van der Waals surface area contributed by atoms with Crippen molar-refractivity contribution in [3.63, 3.8) is 0 Å². The molecule has 3 nitrogen and oxygen atoms in total. The number of hydrogen-bond donors (Lipinski definition) is 1. The van der Waals surface area contributed by atoms with Crippen LogP contribution in [0.3, 0.4) is 0 Å². The van der Waals surface area contributed by atoms with Crippen LogP contribution in [0.2, 0.25) is 0 Å². The van der Waals surface area contributed by atoms with Gasteiger partial charge in [-0.25, -0.2) is 0 Å². The molecule has 0 spiro atoms. The molecule has 3 heteroatoms. The van der Waals surface area contributed by atoms with Gasteiger partial charge >= 0.3 is 0 Å². The molecule has 2 rings (SSSR count). The molecule has 0 heterocycles. The molecule has 1 unspecified atom stereocenters. The smallest absolute Gasteiger partial charge is 0.217 e. The van der Waals surface area contributed by atoms with Gasteiger partial charge in [-0.15, -0.1) is 0 Å². The van der Waals surface area contributed by atoms with Crippen molar-refractivity contribution in [2.45, 2.75) is 32.3 Å². The molecule has 0 aliphatic carbocycles. The molecule has 0 fully saturated rings. The molecule has 0 aromatic heterocycles. The summed E-state index contributed by atoms with van der Waals surface area (Å²) in [6.45, 7) is 2.64. The number of nitrogens with two attached hydrogens (primary N) is 1. The van der Waals surface area contributed by atoms with Crippen molar-refractivity contribution in [3.05, 3.63) is 60.2 Å². The van der Waals surface area contributed by atoms with Crippen LogP contribution in [0, 0.1) is 0 Å². The Hall–Kier alpha value is -2.13. The predicted octanol–water partition coefficient (Wildman–Crippen LogP) is 4.09.